The Morgan fingerprint density at radius 1 is 0.333 bits per heavy atom. The van der Waals surface area contributed by atoms with E-state index in [1.165, 1.54) is 43.6 Å². The van der Waals surface area contributed by atoms with E-state index in [-0.39, 0.29) is 19.8 Å². The summed E-state index contributed by atoms with van der Waals surface area (Å²) in [5.41, 5.74) is 4.85. The molecule has 3 heteroatoms. The maximum absolute atomic E-state index is 3.38. The van der Waals surface area contributed by atoms with Crippen LogP contribution in [0.4, 0.5) is 0 Å². The standard InChI is InChI=1S/2C12H9N.Ga/c2*1-3-7-11-9(5-1)10-6-2-4-8-12(10)13-11;/h2*1-8,13H;. The molecule has 2 heterocycles. The minimum absolute atomic E-state index is 0. The number of nitrogens with one attached hydrogen (secondary N) is 2. The van der Waals surface area contributed by atoms with Crippen molar-refractivity contribution in [3.8, 4) is 0 Å². The second kappa shape index (κ2) is 7.39. The van der Waals surface area contributed by atoms with E-state index in [1.54, 1.807) is 0 Å². The van der Waals surface area contributed by atoms with Crippen LogP contribution in [-0.2, 0) is 0 Å². The summed E-state index contributed by atoms with van der Waals surface area (Å²) in [6, 6.07) is 33.5. The van der Waals surface area contributed by atoms with Crippen LogP contribution in [0.15, 0.2) is 97.1 Å². The quantitative estimate of drug-likeness (QED) is 0.280. The Balaban J connectivity index is 0.000000129. The second-order valence-corrected chi connectivity index (χ2v) is 6.43. The summed E-state index contributed by atoms with van der Waals surface area (Å²) in [5, 5.41) is 5.22. The second-order valence-electron chi connectivity index (χ2n) is 6.43. The molecular formula is C24H18GaN2. The third kappa shape index (κ3) is 3.16. The zero-order chi connectivity index (χ0) is 17.3. The molecule has 127 valence electrons. The SMILES string of the molecule is [Ga].c1ccc2c(c1)[nH]c1ccccc12.c1ccc2c(c1)[nH]c1ccccc12. The molecule has 0 unspecified atom stereocenters. The van der Waals surface area contributed by atoms with E-state index in [2.05, 4.69) is 107 Å². The van der Waals surface area contributed by atoms with Gasteiger partial charge in [-0.3, -0.25) is 0 Å². The van der Waals surface area contributed by atoms with Crippen LogP contribution in [0.25, 0.3) is 43.6 Å². The van der Waals surface area contributed by atoms with Gasteiger partial charge < -0.3 is 9.97 Å². The molecule has 4 aromatic carbocycles. The Bertz CT molecular complexity index is 1140. The van der Waals surface area contributed by atoms with Crippen LogP contribution >= 0.6 is 0 Å². The maximum Gasteiger partial charge on any atom is 0.0464 e. The summed E-state index contributed by atoms with van der Waals surface area (Å²) in [4.78, 5) is 6.76. The van der Waals surface area contributed by atoms with Gasteiger partial charge in [-0.2, -0.15) is 0 Å². The van der Waals surface area contributed by atoms with Crippen LogP contribution in [0.3, 0.4) is 0 Å². The van der Waals surface area contributed by atoms with E-state index in [0.717, 1.165) is 0 Å². The van der Waals surface area contributed by atoms with Gasteiger partial charge in [-0.25, -0.2) is 0 Å². The zero-order valence-electron chi connectivity index (χ0n) is 14.8. The topological polar surface area (TPSA) is 31.6 Å². The minimum Gasteiger partial charge on any atom is -0.355 e. The van der Waals surface area contributed by atoms with Gasteiger partial charge in [0.2, 0.25) is 0 Å². The number of aromatic nitrogens is 2. The van der Waals surface area contributed by atoms with Gasteiger partial charge in [0.15, 0.2) is 0 Å². The van der Waals surface area contributed by atoms with E-state index in [4.69, 9.17) is 0 Å². The molecular weight excluding hydrogens is 386 g/mol. The van der Waals surface area contributed by atoms with Crippen molar-refractivity contribution in [1.29, 1.82) is 0 Å². The van der Waals surface area contributed by atoms with Crippen molar-refractivity contribution >= 4 is 63.4 Å². The minimum atomic E-state index is 0. The first-order valence-corrected chi connectivity index (χ1v) is 8.81. The molecule has 2 nitrogen and oxygen atoms in total. The predicted octanol–water partition coefficient (Wildman–Crippen LogP) is 6.26. The van der Waals surface area contributed by atoms with Gasteiger partial charge in [-0.1, -0.05) is 72.8 Å². The zero-order valence-corrected chi connectivity index (χ0v) is 17.2. The number of para-hydroxylation sites is 4. The Kier molecular flexibility index (Phi) is 4.80. The van der Waals surface area contributed by atoms with Crippen LogP contribution < -0.4 is 0 Å². The van der Waals surface area contributed by atoms with Crippen LogP contribution in [0.1, 0.15) is 0 Å². The molecule has 6 aromatic rings. The van der Waals surface area contributed by atoms with Gasteiger partial charge in [0.25, 0.3) is 0 Å². The maximum atomic E-state index is 3.38. The Morgan fingerprint density at radius 2 is 0.556 bits per heavy atom. The molecule has 2 aromatic heterocycles. The molecule has 3 radical (unpaired) electrons. The third-order valence-electron chi connectivity index (χ3n) is 4.83. The molecule has 0 aliphatic heterocycles. The van der Waals surface area contributed by atoms with Crippen molar-refractivity contribution in [2.24, 2.45) is 0 Å². The first-order valence-electron chi connectivity index (χ1n) is 8.81. The summed E-state index contributed by atoms with van der Waals surface area (Å²) in [6.45, 7) is 0. The molecule has 0 aliphatic carbocycles. The number of H-pyrrole nitrogens is 2. The molecule has 0 spiro atoms. The van der Waals surface area contributed by atoms with Gasteiger partial charge >= 0.3 is 0 Å². The first kappa shape index (κ1) is 17.5. The molecule has 2 N–H and O–H groups in total. The normalized spacial score (nSPS) is 10.7. The molecule has 0 saturated heterocycles. The Hall–Kier alpha value is -2.88. The fraction of sp³-hybridized carbons (Fsp3) is 0. The molecule has 0 atom stereocenters. The van der Waals surface area contributed by atoms with Gasteiger partial charge in [0.1, 0.15) is 0 Å². The Morgan fingerprint density at radius 3 is 0.815 bits per heavy atom. The van der Waals surface area contributed by atoms with Gasteiger partial charge in [0.05, 0.1) is 0 Å². The smallest absolute Gasteiger partial charge is 0.0464 e. The number of rotatable bonds is 0. The van der Waals surface area contributed by atoms with E-state index < -0.39 is 0 Å². The average molecular weight is 404 g/mol. The van der Waals surface area contributed by atoms with Crippen molar-refractivity contribution in [2.45, 2.75) is 0 Å². The van der Waals surface area contributed by atoms with E-state index >= 15 is 0 Å². The van der Waals surface area contributed by atoms with E-state index in [9.17, 15) is 0 Å². The van der Waals surface area contributed by atoms with E-state index in [1.807, 2.05) is 0 Å². The van der Waals surface area contributed by atoms with E-state index in [0.29, 0.717) is 0 Å². The number of fused-ring (bicyclic) bond motifs is 6. The number of aromatic amines is 2. The van der Waals surface area contributed by atoms with Gasteiger partial charge in [-0.05, 0) is 24.3 Å². The number of hydrogen-bond donors (Lipinski definition) is 2. The number of benzene rings is 4. The van der Waals surface area contributed by atoms with Gasteiger partial charge in [0, 0.05) is 63.4 Å². The largest absolute Gasteiger partial charge is 0.355 e. The monoisotopic (exact) mass is 403 g/mol. The molecule has 0 bridgehead atoms. The van der Waals surface area contributed by atoms with Crippen LogP contribution in [0.5, 0.6) is 0 Å². The molecule has 0 amide bonds. The summed E-state index contributed by atoms with van der Waals surface area (Å²) in [5.74, 6) is 0. The molecule has 27 heavy (non-hydrogen) atoms. The van der Waals surface area contributed by atoms with Gasteiger partial charge in [-0.15, -0.1) is 0 Å². The fourth-order valence-corrected chi connectivity index (χ4v) is 3.60. The molecule has 0 fully saturated rings. The van der Waals surface area contributed by atoms with Crippen molar-refractivity contribution in [1.82, 2.24) is 9.97 Å². The first-order chi connectivity index (χ1) is 12.9. The average Bonchev–Trinajstić information content (AvgIpc) is 3.27. The van der Waals surface area contributed by atoms with Crippen LogP contribution in [-0.4, -0.2) is 29.8 Å². The third-order valence-corrected chi connectivity index (χ3v) is 4.83. The summed E-state index contributed by atoms with van der Waals surface area (Å²) < 4.78 is 0. The van der Waals surface area contributed by atoms with Crippen LogP contribution in [0.2, 0.25) is 0 Å². The molecule has 6 rings (SSSR count). The fourth-order valence-electron chi connectivity index (χ4n) is 3.60. The van der Waals surface area contributed by atoms with Crippen molar-refractivity contribution in [3.63, 3.8) is 0 Å². The predicted molar refractivity (Wildman–Crippen MR) is 117 cm³/mol. The van der Waals surface area contributed by atoms with Crippen molar-refractivity contribution < 1.29 is 0 Å². The van der Waals surface area contributed by atoms with Crippen molar-refractivity contribution in [3.05, 3.63) is 97.1 Å². The molecule has 0 saturated carbocycles. The molecule has 0 aliphatic rings. The van der Waals surface area contributed by atoms with Crippen LogP contribution in [0, 0.1) is 0 Å². The summed E-state index contributed by atoms with van der Waals surface area (Å²) in [7, 11) is 0. The summed E-state index contributed by atoms with van der Waals surface area (Å²) in [6.07, 6.45) is 0. The summed E-state index contributed by atoms with van der Waals surface area (Å²) >= 11 is 0. The Labute approximate surface area is 170 Å². The number of hydrogen-bond acceptors (Lipinski definition) is 0. The van der Waals surface area contributed by atoms with Crippen molar-refractivity contribution in [2.75, 3.05) is 0 Å².